The summed E-state index contributed by atoms with van der Waals surface area (Å²) in [5.74, 6) is -1.08. The summed E-state index contributed by atoms with van der Waals surface area (Å²) in [6, 6.07) is 0.0212. The molecule has 0 radical (unpaired) electrons. The molecule has 0 unspecified atom stereocenters. The monoisotopic (exact) mass is 170 g/mol. The van der Waals surface area contributed by atoms with Crippen molar-refractivity contribution >= 4 is 11.8 Å². The van der Waals surface area contributed by atoms with Gasteiger partial charge in [-0.3, -0.25) is 9.59 Å². The van der Waals surface area contributed by atoms with E-state index >= 15 is 0 Å². The van der Waals surface area contributed by atoms with Crippen molar-refractivity contribution < 1.29 is 14.3 Å². The Bertz CT molecular complexity index is 205. The Morgan fingerprint density at radius 3 is 2.58 bits per heavy atom. The van der Waals surface area contributed by atoms with Crippen LogP contribution in [-0.2, 0) is 14.3 Å². The Balaban J connectivity index is 2.07. The zero-order valence-electron chi connectivity index (χ0n) is 6.50. The predicted molar refractivity (Wildman–Crippen MR) is 39.3 cm³/mol. The molecule has 0 bridgehead atoms. The first-order valence-corrected chi connectivity index (χ1v) is 3.96. The standard InChI is InChI=1S/C7H10N2O3/c10-6-7(11)9-5-3-12-2-1-4(5)8-6/h4-5H,1-3H2,(H,8,10)(H,9,11)/t4-,5+/m1/s1. The Morgan fingerprint density at radius 1 is 1.17 bits per heavy atom. The van der Waals surface area contributed by atoms with Gasteiger partial charge >= 0.3 is 11.8 Å². The molecule has 12 heavy (non-hydrogen) atoms. The number of rotatable bonds is 0. The van der Waals surface area contributed by atoms with Crippen LogP contribution < -0.4 is 10.6 Å². The second-order valence-electron chi connectivity index (χ2n) is 3.02. The van der Waals surface area contributed by atoms with Crippen molar-refractivity contribution in [2.45, 2.75) is 18.5 Å². The molecule has 2 heterocycles. The highest BCUT2D eigenvalue weighted by Crippen LogP contribution is 2.10. The maximum atomic E-state index is 10.9. The summed E-state index contributed by atoms with van der Waals surface area (Å²) in [6.45, 7) is 1.15. The lowest BCUT2D eigenvalue weighted by molar-refractivity contribution is -0.144. The molecule has 2 aliphatic heterocycles. The number of amides is 2. The Kier molecular flexibility index (Phi) is 1.73. The number of fused-ring (bicyclic) bond motifs is 1. The van der Waals surface area contributed by atoms with E-state index in [1.165, 1.54) is 0 Å². The lowest BCUT2D eigenvalue weighted by Crippen LogP contribution is -2.64. The third-order valence-electron chi connectivity index (χ3n) is 2.20. The minimum absolute atomic E-state index is 0.0380. The van der Waals surface area contributed by atoms with Gasteiger partial charge in [-0.15, -0.1) is 0 Å². The van der Waals surface area contributed by atoms with Crippen molar-refractivity contribution in [3.8, 4) is 0 Å². The van der Waals surface area contributed by atoms with Crippen molar-refractivity contribution in [2.24, 2.45) is 0 Å². The van der Waals surface area contributed by atoms with Crippen molar-refractivity contribution in [2.75, 3.05) is 13.2 Å². The second-order valence-corrected chi connectivity index (χ2v) is 3.02. The number of carbonyl (C=O) groups excluding carboxylic acids is 2. The van der Waals surface area contributed by atoms with Crippen LogP contribution in [0.25, 0.3) is 0 Å². The molecule has 2 fully saturated rings. The zero-order chi connectivity index (χ0) is 8.55. The Morgan fingerprint density at radius 2 is 1.83 bits per heavy atom. The molecule has 0 spiro atoms. The minimum atomic E-state index is -0.554. The fourth-order valence-electron chi connectivity index (χ4n) is 1.52. The molecular formula is C7H10N2O3. The van der Waals surface area contributed by atoms with E-state index in [1.807, 2.05) is 0 Å². The number of carbonyl (C=O) groups is 2. The second kappa shape index (κ2) is 2.75. The summed E-state index contributed by atoms with van der Waals surface area (Å²) in [4.78, 5) is 21.8. The lowest BCUT2D eigenvalue weighted by atomic mass is 10.0. The zero-order valence-corrected chi connectivity index (χ0v) is 6.50. The van der Waals surface area contributed by atoms with Crippen LogP contribution in [0.5, 0.6) is 0 Å². The molecule has 5 heteroatoms. The average Bonchev–Trinajstić information content (AvgIpc) is 2.07. The molecule has 5 nitrogen and oxygen atoms in total. The van der Waals surface area contributed by atoms with Crippen LogP contribution in [0, 0.1) is 0 Å². The number of nitrogens with one attached hydrogen (secondary N) is 2. The van der Waals surface area contributed by atoms with Gasteiger partial charge in [0.25, 0.3) is 0 Å². The molecule has 2 amide bonds. The topological polar surface area (TPSA) is 67.4 Å². The molecule has 2 saturated heterocycles. The van der Waals surface area contributed by atoms with Crippen molar-refractivity contribution in [1.29, 1.82) is 0 Å². The van der Waals surface area contributed by atoms with E-state index in [2.05, 4.69) is 10.6 Å². The molecular weight excluding hydrogens is 160 g/mol. The van der Waals surface area contributed by atoms with Crippen LogP contribution in [0.2, 0.25) is 0 Å². The summed E-state index contributed by atoms with van der Waals surface area (Å²) in [7, 11) is 0. The quantitative estimate of drug-likeness (QED) is 0.430. The normalized spacial score (nSPS) is 35.0. The maximum Gasteiger partial charge on any atom is 0.309 e. The van der Waals surface area contributed by atoms with Gasteiger partial charge in [-0.1, -0.05) is 0 Å². The largest absolute Gasteiger partial charge is 0.379 e. The van der Waals surface area contributed by atoms with Crippen LogP contribution in [0.15, 0.2) is 0 Å². The number of hydrogen-bond acceptors (Lipinski definition) is 3. The van der Waals surface area contributed by atoms with Crippen LogP contribution in [0.4, 0.5) is 0 Å². The predicted octanol–water partition coefficient (Wildman–Crippen LogP) is -1.61. The fraction of sp³-hybridized carbons (Fsp3) is 0.714. The van der Waals surface area contributed by atoms with Gasteiger partial charge < -0.3 is 15.4 Å². The Hall–Kier alpha value is -1.10. The van der Waals surface area contributed by atoms with Gasteiger partial charge in [0.2, 0.25) is 0 Å². The molecule has 0 saturated carbocycles. The number of ether oxygens (including phenoxy) is 1. The summed E-state index contributed by atoms with van der Waals surface area (Å²) in [6.07, 6.45) is 0.774. The van der Waals surface area contributed by atoms with Gasteiger partial charge in [0, 0.05) is 6.61 Å². The molecule has 0 aromatic rings. The molecule has 2 atom stereocenters. The molecule has 0 aliphatic carbocycles. The first kappa shape index (κ1) is 7.54. The van der Waals surface area contributed by atoms with E-state index < -0.39 is 11.8 Å². The average molecular weight is 170 g/mol. The first-order valence-electron chi connectivity index (χ1n) is 3.96. The third-order valence-corrected chi connectivity index (χ3v) is 2.20. The summed E-state index contributed by atoms with van der Waals surface area (Å²) >= 11 is 0. The van der Waals surface area contributed by atoms with Crippen molar-refractivity contribution in [1.82, 2.24) is 10.6 Å². The molecule has 2 rings (SSSR count). The van der Waals surface area contributed by atoms with Gasteiger partial charge in [0.15, 0.2) is 0 Å². The molecule has 66 valence electrons. The van der Waals surface area contributed by atoms with E-state index in [1.54, 1.807) is 0 Å². The van der Waals surface area contributed by atoms with Gasteiger partial charge in [-0.2, -0.15) is 0 Å². The van der Waals surface area contributed by atoms with E-state index in [0.717, 1.165) is 6.42 Å². The minimum Gasteiger partial charge on any atom is -0.379 e. The van der Waals surface area contributed by atoms with Gasteiger partial charge in [0.05, 0.1) is 18.7 Å². The summed E-state index contributed by atoms with van der Waals surface area (Å²) < 4.78 is 5.16. The first-order chi connectivity index (χ1) is 5.77. The van der Waals surface area contributed by atoms with Crippen molar-refractivity contribution in [3.05, 3.63) is 0 Å². The fourth-order valence-corrected chi connectivity index (χ4v) is 1.52. The van der Waals surface area contributed by atoms with Gasteiger partial charge in [0.1, 0.15) is 0 Å². The van der Waals surface area contributed by atoms with E-state index in [9.17, 15) is 9.59 Å². The third kappa shape index (κ3) is 1.16. The van der Waals surface area contributed by atoms with E-state index in [4.69, 9.17) is 4.74 Å². The van der Waals surface area contributed by atoms with Crippen LogP contribution >= 0.6 is 0 Å². The van der Waals surface area contributed by atoms with Crippen LogP contribution in [0.3, 0.4) is 0 Å². The maximum absolute atomic E-state index is 10.9. The summed E-state index contributed by atoms with van der Waals surface area (Å²) in [5, 5.41) is 5.23. The van der Waals surface area contributed by atoms with E-state index in [0.29, 0.717) is 13.2 Å². The highest BCUT2D eigenvalue weighted by atomic mass is 16.5. The van der Waals surface area contributed by atoms with Gasteiger partial charge in [-0.25, -0.2) is 0 Å². The molecule has 2 aliphatic rings. The smallest absolute Gasteiger partial charge is 0.309 e. The van der Waals surface area contributed by atoms with Crippen molar-refractivity contribution in [3.63, 3.8) is 0 Å². The Labute approximate surface area is 69.5 Å². The van der Waals surface area contributed by atoms with Crippen LogP contribution in [0.1, 0.15) is 6.42 Å². The molecule has 2 N–H and O–H groups in total. The van der Waals surface area contributed by atoms with Gasteiger partial charge in [-0.05, 0) is 6.42 Å². The highest BCUT2D eigenvalue weighted by Gasteiger charge is 2.35. The molecule has 0 aromatic carbocycles. The number of hydrogen-bond donors (Lipinski definition) is 2. The molecule has 0 aromatic heterocycles. The number of piperazine rings is 1. The summed E-state index contributed by atoms with van der Waals surface area (Å²) in [5.41, 5.74) is 0. The van der Waals surface area contributed by atoms with Crippen LogP contribution in [-0.4, -0.2) is 37.1 Å². The highest BCUT2D eigenvalue weighted by molar-refractivity contribution is 6.35. The SMILES string of the molecule is O=C1N[C@H]2COCC[C@H]2NC1=O. The lowest BCUT2D eigenvalue weighted by Gasteiger charge is -2.35. The van der Waals surface area contributed by atoms with E-state index in [-0.39, 0.29) is 12.1 Å².